The van der Waals surface area contributed by atoms with Crippen LogP contribution in [0.3, 0.4) is 0 Å². The first-order valence-corrected chi connectivity index (χ1v) is 6.03. The van der Waals surface area contributed by atoms with Gasteiger partial charge in [-0.2, -0.15) is 11.8 Å². The lowest BCUT2D eigenvalue weighted by atomic mass is 9.82. The Balaban J connectivity index is 1.98. The number of hydrogen-bond acceptors (Lipinski definition) is 2. The Hall–Kier alpha value is 0.310. The average Bonchev–Trinajstić information content (AvgIpc) is 1.93. The number of aliphatic hydroxyl groups is 1. The molecule has 1 saturated carbocycles. The summed E-state index contributed by atoms with van der Waals surface area (Å²) in [5.74, 6) is 1.77. The van der Waals surface area contributed by atoms with Crippen molar-refractivity contribution in [1.82, 2.24) is 0 Å². The van der Waals surface area contributed by atoms with E-state index < -0.39 is 0 Å². The second kappa shape index (κ2) is 5.13. The van der Waals surface area contributed by atoms with Crippen molar-refractivity contribution in [2.45, 2.75) is 50.9 Å². The van der Waals surface area contributed by atoms with Crippen LogP contribution < -0.4 is 0 Å². The summed E-state index contributed by atoms with van der Waals surface area (Å²) >= 11 is 1.87. The van der Waals surface area contributed by atoms with Gasteiger partial charge in [0.2, 0.25) is 0 Å². The van der Waals surface area contributed by atoms with Crippen LogP contribution in [0.15, 0.2) is 0 Å². The predicted octanol–water partition coefficient (Wildman–Crippen LogP) is 2.68. The van der Waals surface area contributed by atoms with E-state index in [2.05, 4.69) is 13.8 Å². The second-order valence-electron chi connectivity index (χ2n) is 4.07. The van der Waals surface area contributed by atoms with Gasteiger partial charge in [-0.1, -0.05) is 33.1 Å². The van der Waals surface area contributed by atoms with Gasteiger partial charge >= 0.3 is 0 Å². The minimum atomic E-state index is -0.0531. The normalized spacial score (nSPS) is 21.0. The summed E-state index contributed by atoms with van der Waals surface area (Å²) in [5.41, 5.74) is 0. The lowest BCUT2D eigenvalue weighted by Gasteiger charge is -2.27. The molecule has 1 nitrogen and oxygen atoms in total. The second-order valence-corrected chi connectivity index (χ2v) is 5.68. The molecule has 1 rings (SSSR count). The molecule has 0 aliphatic heterocycles. The van der Waals surface area contributed by atoms with Crippen molar-refractivity contribution in [3.63, 3.8) is 0 Å². The van der Waals surface area contributed by atoms with Gasteiger partial charge in [-0.3, -0.25) is 0 Å². The van der Waals surface area contributed by atoms with E-state index >= 15 is 0 Å². The van der Waals surface area contributed by atoms with E-state index in [0.29, 0.717) is 5.25 Å². The molecule has 0 bridgehead atoms. The maximum atomic E-state index is 9.61. The minimum Gasteiger partial charge on any atom is -0.392 e. The molecular weight excluding hydrogens is 168 g/mol. The summed E-state index contributed by atoms with van der Waals surface area (Å²) in [7, 11) is 0. The van der Waals surface area contributed by atoms with Crippen molar-refractivity contribution in [3.05, 3.63) is 0 Å². The van der Waals surface area contributed by atoms with E-state index in [4.69, 9.17) is 0 Å². The van der Waals surface area contributed by atoms with Crippen LogP contribution in [0.4, 0.5) is 0 Å². The van der Waals surface area contributed by atoms with E-state index in [-0.39, 0.29) is 6.10 Å². The third-order valence-electron chi connectivity index (χ3n) is 2.45. The maximum Gasteiger partial charge on any atom is 0.0633 e. The molecule has 0 saturated heterocycles. The van der Waals surface area contributed by atoms with Gasteiger partial charge in [-0.25, -0.2) is 0 Å². The predicted molar refractivity (Wildman–Crippen MR) is 55.6 cm³/mol. The Labute approximate surface area is 79.9 Å². The quantitative estimate of drug-likeness (QED) is 0.716. The lowest BCUT2D eigenvalue weighted by Crippen LogP contribution is -2.21. The van der Waals surface area contributed by atoms with Crippen LogP contribution in [0.1, 0.15) is 39.5 Å². The van der Waals surface area contributed by atoms with Crippen LogP contribution in [-0.4, -0.2) is 22.2 Å². The Morgan fingerprint density at radius 3 is 2.50 bits per heavy atom. The van der Waals surface area contributed by atoms with Crippen LogP contribution in [0.5, 0.6) is 0 Å². The highest BCUT2D eigenvalue weighted by atomic mass is 32.2. The number of aliphatic hydroxyl groups excluding tert-OH is 1. The van der Waals surface area contributed by atoms with Crippen molar-refractivity contribution in [2.24, 2.45) is 5.92 Å². The third kappa shape index (κ3) is 3.81. The Bertz CT molecular complexity index is 121. The number of hydrogen-bond donors (Lipinski definition) is 1. The average molecular weight is 188 g/mol. The first-order valence-electron chi connectivity index (χ1n) is 4.98. The van der Waals surface area contributed by atoms with Crippen LogP contribution in [-0.2, 0) is 0 Å². The molecule has 12 heavy (non-hydrogen) atoms. The molecule has 72 valence electrons. The molecule has 1 N–H and O–H groups in total. The van der Waals surface area contributed by atoms with Crippen molar-refractivity contribution >= 4 is 11.8 Å². The monoisotopic (exact) mass is 188 g/mol. The zero-order valence-corrected chi connectivity index (χ0v) is 8.94. The van der Waals surface area contributed by atoms with Crippen molar-refractivity contribution in [1.29, 1.82) is 0 Å². The van der Waals surface area contributed by atoms with Crippen molar-refractivity contribution < 1.29 is 5.11 Å². The van der Waals surface area contributed by atoms with Gasteiger partial charge in [-0.15, -0.1) is 0 Å². The molecule has 1 aliphatic rings. The van der Waals surface area contributed by atoms with Gasteiger partial charge in [0.25, 0.3) is 0 Å². The Morgan fingerprint density at radius 2 is 2.08 bits per heavy atom. The number of rotatable bonds is 5. The fraction of sp³-hybridized carbons (Fsp3) is 1.00. The van der Waals surface area contributed by atoms with E-state index in [1.54, 1.807) is 0 Å². The van der Waals surface area contributed by atoms with Gasteiger partial charge < -0.3 is 5.11 Å². The highest BCUT2D eigenvalue weighted by Gasteiger charge is 2.20. The molecule has 1 fully saturated rings. The van der Waals surface area contributed by atoms with Gasteiger partial charge in [0, 0.05) is 5.75 Å². The molecule has 1 unspecified atom stereocenters. The van der Waals surface area contributed by atoms with E-state index in [0.717, 1.165) is 18.1 Å². The molecule has 0 aromatic carbocycles. The topological polar surface area (TPSA) is 20.2 Å². The van der Waals surface area contributed by atoms with Crippen molar-refractivity contribution in [2.75, 3.05) is 5.75 Å². The highest BCUT2D eigenvalue weighted by Crippen LogP contribution is 2.31. The van der Waals surface area contributed by atoms with Gasteiger partial charge in [0.1, 0.15) is 0 Å². The first kappa shape index (κ1) is 10.4. The molecular formula is C10H20OS. The molecule has 0 amide bonds. The summed E-state index contributed by atoms with van der Waals surface area (Å²) in [6.07, 6.45) is 5.07. The Morgan fingerprint density at radius 1 is 1.42 bits per heavy atom. The van der Waals surface area contributed by atoms with Crippen LogP contribution >= 0.6 is 11.8 Å². The zero-order valence-electron chi connectivity index (χ0n) is 8.12. The Kier molecular flexibility index (Phi) is 4.44. The van der Waals surface area contributed by atoms with Crippen LogP contribution in [0, 0.1) is 5.92 Å². The molecule has 1 atom stereocenters. The standard InChI is InChI=1S/C10H20OS/c1-8(2)12-7-10(11)6-9-4-3-5-9/h8-11H,3-7H2,1-2H3. The van der Waals surface area contributed by atoms with E-state index in [1.807, 2.05) is 11.8 Å². The summed E-state index contributed by atoms with van der Waals surface area (Å²) in [4.78, 5) is 0. The van der Waals surface area contributed by atoms with Crippen molar-refractivity contribution in [3.8, 4) is 0 Å². The van der Waals surface area contributed by atoms with Gasteiger partial charge in [0.15, 0.2) is 0 Å². The summed E-state index contributed by atoms with van der Waals surface area (Å²) < 4.78 is 0. The van der Waals surface area contributed by atoms with E-state index in [1.165, 1.54) is 19.3 Å². The van der Waals surface area contributed by atoms with Gasteiger partial charge in [-0.05, 0) is 17.6 Å². The molecule has 0 heterocycles. The molecule has 2 heteroatoms. The van der Waals surface area contributed by atoms with Gasteiger partial charge in [0.05, 0.1) is 6.10 Å². The minimum absolute atomic E-state index is 0.0531. The summed E-state index contributed by atoms with van der Waals surface area (Å²) in [6, 6.07) is 0. The fourth-order valence-corrected chi connectivity index (χ4v) is 2.23. The largest absolute Gasteiger partial charge is 0.392 e. The maximum absolute atomic E-state index is 9.61. The molecule has 1 aliphatic carbocycles. The summed E-state index contributed by atoms with van der Waals surface area (Å²) in [6.45, 7) is 4.36. The lowest BCUT2D eigenvalue weighted by molar-refractivity contribution is 0.136. The third-order valence-corrected chi connectivity index (χ3v) is 3.70. The fourth-order valence-electron chi connectivity index (χ4n) is 1.48. The van der Waals surface area contributed by atoms with Crippen LogP contribution in [0.2, 0.25) is 0 Å². The first-order chi connectivity index (χ1) is 5.68. The molecule has 0 aromatic heterocycles. The molecule has 0 radical (unpaired) electrons. The number of thioether (sulfide) groups is 1. The summed E-state index contributed by atoms with van der Waals surface area (Å²) in [5, 5.41) is 10.3. The van der Waals surface area contributed by atoms with E-state index in [9.17, 15) is 5.11 Å². The molecule has 0 aromatic rings. The molecule has 0 spiro atoms. The smallest absolute Gasteiger partial charge is 0.0633 e. The van der Waals surface area contributed by atoms with Crippen LogP contribution in [0.25, 0.3) is 0 Å². The zero-order chi connectivity index (χ0) is 8.97. The highest BCUT2D eigenvalue weighted by molar-refractivity contribution is 7.99. The SMILES string of the molecule is CC(C)SCC(O)CC1CCC1.